The fourth-order valence-corrected chi connectivity index (χ4v) is 5.23. The number of aromatic amines is 1. The number of nitrogens with zero attached hydrogens (tertiary/aromatic N) is 4. The number of hydrogen-bond donors (Lipinski definition) is 2. The number of fused-ring (bicyclic) bond motifs is 1. The molecule has 1 aliphatic heterocycles. The van der Waals surface area contributed by atoms with Crippen molar-refractivity contribution in [2.24, 2.45) is 0 Å². The van der Waals surface area contributed by atoms with Crippen molar-refractivity contribution in [2.45, 2.75) is 12.8 Å². The van der Waals surface area contributed by atoms with Gasteiger partial charge in [-0.1, -0.05) is 17.7 Å². The quantitative estimate of drug-likeness (QED) is 0.313. The van der Waals surface area contributed by atoms with E-state index in [1.54, 1.807) is 12.3 Å². The van der Waals surface area contributed by atoms with Crippen molar-refractivity contribution in [3.8, 4) is 17.0 Å². The summed E-state index contributed by atoms with van der Waals surface area (Å²) < 4.78 is 5.89. The largest absolute Gasteiger partial charge is 0.493 e. The smallest absolute Gasteiger partial charge is 0.230 e. The van der Waals surface area contributed by atoms with Gasteiger partial charge in [-0.15, -0.1) is 11.3 Å². The standard InChI is InChI=1S/C26H29ClN6O2S/c1-32-9-11-33(12-10-32)8-3-13-35-19-6-5-18(22(27)15-19)14-24(34)31-26-30-23(17-36-26)21-16-29-25-20(21)4-2-7-28-25/h2,4-7,15-17H,3,8-14H2,1H3,(H,28,29)(H,30,31,34). The highest BCUT2D eigenvalue weighted by Crippen LogP contribution is 2.30. The van der Waals surface area contributed by atoms with Crippen LogP contribution in [0, 0.1) is 0 Å². The summed E-state index contributed by atoms with van der Waals surface area (Å²) in [6.45, 7) is 6.15. The van der Waals surface area contributed by atoms with Crippen LogP contribution in [0.3, 0.4) is 0 Å². The number of rotatable bonds is 9. The number of aromatic nitrogens is 3. The Bertz CT molecular complexity index is 1330. The zero-order valence-corrected chi connectivity index (χ0v) is 21.7. The minimum atomic E-state index is -0.167. The van der Waals surface area contributed by atoms with Gasteiger partial charge >= 0.3 is 0 Å². The number of benzene rings is 1. The first-order valence-electron chi connectivity index (χ1n) is 12.0. The summed E-state index contributed by atoms with van der Waals surface area (Å²) in [5, 5.41) is 6.87. The fraction of sp³-hybridized carbons (Fsp3) is 0.346. The summed E-state index contributed by atoms with van der Waals surface area (Å²) in [5.74, 6) is 0.555. The predicted molar refractivity (Wildman–Crippen MR) is 145 cm³/mol. The number of anilines is 1. The Hall–Kier alpha value is -2.98. The molecule has 188 valence electrons. The number of piperazine rings is 1. The Morgan fingerprint density at radius 2 is 2.11 bits per heavy atom. The van der Waals surface area contributed by atoms with Crippen molar-refractivity contribution < 1.29 is 9.53 Å². The molecule has 1 aliphatic rings. The van der Waals surface area contributed by atoms with Gasteiger partial charge in [-0.2, -0.15) is 0 Å². The molecule has 0 atom stereocenters. The lowest BCUT2D eigenvalue weighted by Crippen LogP contribution is -2.44. The molecular formula is C26H29ClN6O2S. The second-order valence-corrected chi connectivity index (χ2v) is 10.2. The summed E-state index contributed by atoms with van der Waals surface area (Å²) in [6.07, 6.45) is 4.76. The summed E-state index contributed by atoms with van der Waals surface area (Å²) >= 11 is 7.84. The summed E-state index contributed by atoms with van der Waals surface area (Å²) in [6, 6.07) is 9.39. The first kappa shape index (κ1) is 24.7. The van der Waals surface area contributed by atoms with Gasteiger partial charge in [0.2, 0.25) is 5.91 Å². The number of likely N-dealkylation sites (N-methyl/N-ethyl adjacent to an activating group) is 1. The maximum Gasteiger partial charge on any atom is 0.230 e. The van der Waals surface area contributed by atoms with Crippen molar-refractivity contribution in [1.29, 1.82) is 0 Å². The molecule has 0 saturated carbocycles. The monoisotopic (exact) mass is 524 g/mol. The van der Waals surface area contributed by atoms with Gasteiger partial charge in [0.15, 0.2) is 5.13 Å². The first-order valence-corrected chi connectivity index (χ1v) is 13.3. The molecule has 0 radical (unpaired) electrons. The van der Waals surface area contributed by atoms with Gasteiger partial charge < -0.3 is 24.8 Å². The second-order valence-electron chi connectivity index (χ2n) is 8.96. The van der Waals surface area contributed by atoms with E-state index in [0.717, 1.165) is 72.7 Å². The second kappa shape index (κ2) is 11.4. The molecule has 0 unspecified atom stereocenters. The van der Waals surface area contributed by atoms with Gasteiger partial charge in [-0.3, -0.25) is 4.79 Å². The molecule has 0 spiro atoms. The summed E-state index contributed by atoms with van der Waals surface area (Å²) in [4.78, 5) is 29.5. The van der Waals surface area contributed by atoms with Crippen LogP contribution in [0.1, 0.15) is 12.0 Å². The zero-order chi connectivity index (χ0) is 24.9. The molecule has 4 heterocycles. The summed E-state index contributed by atoms with van der Waals surface area (Å²) in [5.41, 5.74) is 3.31. The fourth-order valence-electron chi connectivity index (χ4n) is 4.27. The van der Waals surface area contributed by atoms with Crippen LogP contribution in [0.15, 0.2) is 48.1 Å². The highest BCUT2D eigenvalue weighted by molar-refractivity contribution is 7.14. The lowest BCUT2D eigenvalue weighted by atomic mass is 10.1. The SMILES string of the molecule is CN1CCN(CCCOc2ccc(CC(=O)Nc3nc(-c4c[nH]c5ncccc45)cs3)c(Cl)c2)CC1. The number of carbonyl (C=O) groups is 1. The third-order valence-electron chi connectivity index (χ3n) is 6.34. The Morgan fingerprint density at radius 1 is 1.25 bits per heavy atom. The van der Waals surface area contributed by atoms with Crippen molar-refractivity contribution in [2.75, 3.05) is 51.7 Å². The molecule has 5 rings (SSSR count). The van der Waals surface area contributed by atoms with Crippen molar-refractivity contribution in [3.05, 3.63) is 58.7 Å². The topological polar surface area (TPSA) is 86.4 Å². The van der Waals surface area contributed by atoms with Crippen LogP contribution in [0.4, 0.5) is 5.13 Å². The Kier molecular flexibility index (Phi) is 7.81. The highest BCUT2D eigenvalue weighted by Gasteiger charge is 2.15. The van der Waals surface area contributed by atoms with Gasteiger partial charge in [-0.25, -0.2) is 9.97 Å². The number of H-pyrrole nitrogens is 1. The van der Waals surface area contributed by atoms with E-state index < -0.39 is 0 Å². The Morgan fingerprint density at radius 3 is 2.94 bits per heavy atom. The lowest BCUT2D eigenvalue weighted by molar-refractivity contribution is -0.115. The molecule has 1 saturated heterocycles. The van der Waals surface area contributed by atoms with Crippen LogP contribution in [0.2, 0.25) is 5.02 Å². The number of ether oxygens (including phenoxy) is 1. The van der Waals surface area contributed by atoms with Crippen LogP contribution < -0.4 is 10.1 Å². The molecule has 3 aromatic heterocycles. The van der Waals surface area contributed by atoms with Gasteiger partial charge in [0, 0.05) is 66.5 Å². The molecule has 2 N–H and O–H groups in total. The predicted octanol–water partition coefficient (Wildman–Crippen LogP) is 4.54. The normalized spacial score (nSPS) is 14.8. The van der Waals surface area contributed by atoms with E-state index in [2.05, 4.69) is 37.1 Å². The maximum absolute atomic E-state index is 12.7. The van der Waals surface area contributed by atoms with Crippen molar-refractivity contribution in [3.63, 3.8) is 0 Å². The van der Waals surface area contributed by atoms with E-state index in [-0.39, 0.29) is 12.3 Å². The summed E-state index contributed by atoms with van der Waals surface area (Å²) in [7, 11) is 2.16. The molecule has 1 fully saturated rings. The van der Waals surface area contributed by atoms with E-state index in [4.69, 9.17) is 16.3 Å². The number of nitrogens with one attached hydrogen (secondary N) is 2. The molecule has 0 bridgehead atoms. The molecule has 10 heteroatoms. The molecule has 0 aliphatic carbocycles. The number of thiazole rings is 1. The molecule has 8 nitrogen and oxygen atoms in total. The minimum Gasteiger partial charge on any atom is -0.493 e. The zero-order valence-electron chi connectivity index (χ0n) is 20.2. The van der Waals surface area contributed by atoms with Gasteiger partial charge in [-0.05, 0) is 43.3 Å². The average Bonchev–Trinajstić information content (AvgIpc) is 3.51. The lowest BCUT2D eigenvalue weighted by Gasteiger charge is -2.32. The van der Waals surface area contributed by atoms with Crippen molar-refractivity contribution in [1.82, 2.24) is 24.8 Å². The molecule has 36 heavy (non-hydrogen) atoms. The number of halogens is 1. The molecule has 1 aromatic carbocycles. The number of carbonyl (C=O) groups excluding carboxylic acids is 1. The third kappa shape index (κ3) is 6.04. The van der Waals surface area contributed by atoms with Crippen LogP contribution >= 0.6 is 22.9 Å². The van der Waals surface area contributed by atoms with Crippen molar-refractivity contribution >= 4 is 45.0 Å². The van der Waals surface area contributed by atoms with Crippen LogP contribution in [-0.4, -0.2) is 77.0 Å². The van der Waals surface area contributed by atoms with Crippen LogP contribution in [-0.2, 0) is 11.2 Å². The van der Waals surface area contributed by atoms with Crippen LogP contribution in [0.5, 0.6) is 5.75 Å². The average molecular weight is 525 g/mol. The minimum absolute atomic E-state index is 0.161. The van der Waals surface area contributed by atoms with E-state index >= 15 is 0 Å². The third-order valence-corrected chi connectivity index (χ3v) is 7.45. The molecular weight excluding hydrogens is 496 g/mol. The van der Waals surface area contributed by atoms with Gasteiger partial charge in [0.25, 0.3) is 0 Å². The maximum atomic E-state index is 12.7. The number of amides is 1. The molecule has 4 aromatic rings. The van der Waals surface area contributed by atoms with E-state index in [1.165, 1.54) is 11.3 Å². The Labute approximate surface area is 219 Å². The molecule has 1 amide bonds. The van der Waals surface area contributed by atoms with Crippen LogP contribution in [0.25, 0.3) is 22.3 Å². The number of hydrogen-bond acceptors (Lipinski definition) is 7. The highest BCUT2D eigenvalue weighted by atomic mass is 35.5. The van der Waals surface area contributed by atoms with Gasteiger partial charge in [0.1, 0.15) is 11.4 Å². The van der Waals surface area contributed by atoms with E-state index in [1.807, 2.05) is 35.8 Å². The number of pyridine rings is 1. The Balaban J connectivity index is 1.11. The first-order chi connectivity index (χ1) is 17.5. The van der Waals surface area contributed by atoms with E-state index in [0.29, 0.717) is 16.8 Å². The van der Waals surface area contributed by atoms with E-state index in [9.17, 15) is 4.79 Å². The van der Waals surface area contributed by atoms with Gasteiger partial charge in [0.05, 0.1) is 18.7 Å².